The Morgan fingerprint density at radius 1 is 1.26 bits per heavy atom. The van der Waals surface area contributed by atoms with Crippen molar-refractivity contribution in [2.45, 2.75) is 51.6 Å². The number of hydrogen-bond acceptors (Lipinski definition) is 2. The number of benzene rings is 1. The number of rotatable bonds is 3. The lowest BCUT2D eigenvalue weighted by Crippen LogP contribution is -2.33. The van der Waals surface area contributed by atoms with E-state index in [1.807, 2.05) is 0 Å². The summed E-state index contributed by atoms with van der Waals surface area (Å²) in [5.74, 6) is 0. The van der Waals surface area contributed by atoms with Crippen molar-refractivity contribution in [2.24, 2.45) is 5.41 Å². The third-order valence-corrected chi connectivity index (χ3v) is 4.94. The molecule has 1 saturated carbocycles. The lowest BCUT2D eigenvalue weighted by molar-refractivity contribution is 0.294. The van der Waals surface area contributed by atoms with Crippen LogP contribution >= 0.6 is 0 Å². The van der Waals surface area contributed by atoms with Gasteiger partial charge in [0, 0.05) is 19.1 Å². The molecule has 0 amide bonds. The molecule has 0 radical (unpaired) electrons. The maximum Gasteiger partial charge on any atom is 0.0335 e. The average Bonchev–Trinajstić information content (AvgIpc) is 2.75. The van der Waals surface area contributed by atoms with E-state index in [4.69, 9.17) is 0 Å². The van der Waals surface area contributed by atoms with Crippen LogP contribution in [0.15, 0.2) is 24.3 Å². The van der Waals surface area contributed by atoms with E-state index in [2.05, 4.69) is 41.8 Å². The van der Waals surface area contributed by atoms with Crippen LogP contribution in [0.25, 0.3) is 0 Å². The van der Waals surface area contributed by atoms with E-state index >= 15 is 0 Å². The van der Waals surface area contributed by atoms with Gasteiger partial charge in [0.15, 0.2) is 0 Å². The molecule has 104 valence electrons. The van der Waals surface area contributed by atoms with Gasteiger partial charge in [-0.3, -0.25) is 0 Å². The number of hydrogen-bond donors (Lipinski definition) is 2. The standard InChI is InChI=1S/C17H26N2/c1-17(9-4-5-10-17)13-19-16-8-11-18-12-14-6-2-3-7-15(14)16/h2-3,6-7,16,18-19H,4-5,8-13H2,1H3. The van der Waals surface area contributed by atoms with Crippen LogP contribution in [0.4, 0.5) is 0 Å². The summed E-state index contributed by atoms with van der Waals surface area (Å²) in [4.78, 5) is 0. The van der Waals surface area contributed by atoms with E-state index < -0.39 is 0 Å². The van der Waals surface area contributed by atoms with Crippen molar-refractivity contribution in [1.82, 2.24) is 10.6 Å². The normalized spacial score (nSPS) is 25.8. The van der Waals surface area contributed by atoms with E-state index in [1.54, 1.807) is 0 Å². The molecular weight excluding hydrogens is 232 g/mol. The van der Waals surface area contributed by atoms with Crippen LogP contribution in [0.1, 0.15) is 56.2 Å². The molecule has 1 aliphatic carbocycles. The predicted molar refractivity (Wildman–Crippen MR) is 80.1 cm³/mol. The van der Waals surface area contributed by atoms with Crippen molar-refractivity contribution in [3.63, 3.8) is 0 Å². The summed E-state index contributed by atoms with van der Waals surface area (Å²) in [7, 11) is 0. The third-order valence-electron chi connectivity index (χ3n) is 4.94. The highest BCUT2D eigenvalue weighted by Crippen LogP contribution is 2.37. The molecule has 1 aromatic carbocycles. The molecule has 0 spiro atoms. The first kappa shape index (κ1) is 13.1. The monoisotopic (exact) mass is 258 g/mol. The van der Waals surface area contributed by atoms with Crippen molar-refractivity contribution >= 4 is 0 Å². The largest absolute Gasteiger partial charge is 0.313 e. The van der Waals surface area contributed by atoms with Gasteiger partial charge < -0.3 is 10.6 Å². The topological polar surface area (TPSA) is 24.1 Å². The van der Waals surface area contributed by atoms with Crippen LogP contribution in [-0.4, -0.2) is 13.1 Å². The molecule has 2 heteroatoms. The lowest BCUT2D eigenvalue weighted by atomic mass is 9.88. The molecule has 1 fully saturated rings. The molecule has 1 aliphatic heterocycles. The second kappa shape index (κ2) is 5.64. The van der Waals surface area contributed by atoms with E-state index in [1.165, 1.54) is 49.8 Å². The molecule has 1 atom stereocenters. The van der Waals surface area contributed by atoms with Crippen molar-refractivity contribution in [3.05, 3.63) is 35.4 Å². The molecule has 2 nitrogen and oxygen atoms in total. The Labute approximate surface area is 117 Å². The summed E-state index contributed by atoms with van der Waals surface area (Å²) < 4.78 is 0. The van der Waals surface area contributed by atoms with Crippen LogP contribution in [0, 0.1) is 5.41 Å². The fourth-order valence-corrected chi connectivity index (χ4v) is 3.65. The Morgan fingerprint density at radius 2 is 2.05 bits per heavy atom. The molecule has 0 aromatic heterocycles. The summed E-state index contributed by atoms with van der Waals surface area (Å²) in [6, 6.07) is 9.43. The molecule has 2 aliphatic rings. The summed E-state index contributed by atoms with van der Waals surface area (Å²) in [6.07, 6.45) is 6.83. The SMILES string of the molecule is CC1(CNC2CCNCc3ccccc32)CCCC1. The Balaban J connectivity index is 1.70. The van der Waals surface area contributed by atoms with Gasteiger partial charge in [-0.25, -0.2) is 0 Å². The van der Waals surface area contributed by atoms with Crippen LogP contribution in [0.3, 0.4) is 0 Å². The van der Waals surface area contributed by atoms with Crippen molar-refractivity contribution in [1.29, 1.82) is 0 Å². The second-order valence-electron chi connectivity index (χ2n) is 6.62. The van der Waals surface area contributed by atoms with E-state index in [9.17, 15) is 0 Å². The molecule has 1 aromatic rings. The van der Waals surface area contributed by atoms with Gasteiger partial charge >= 0.3 is 0 Å². The molecule has 0 bridgehead atoms. The Kier molecular flexibility index (Phi) is 3.90. The minimum Gasteiger partial charge on any atom is -0.313 e. The first-order valence-corrected chi connectivity index (χ1v) is 7.79. The molecule has 2 N–H and O–H groups in total. The quantitative estimate of drug-likeness (QED) is 0.868. The third kappa shape index (κ3) is 3.01. The van der Waals surface area contributed by atoms with Gasteiger partial charge in [-0.05, 0) is 42.3 Å². The summed E-state index contributed by atoms with van der Waals surface area (Å²) in [5, 5.41) is 7.39. The zero-order valence-corrected chi connectivity index (χ0v) is 12.0. The van der Waals surface area contributed by atoms with Crippen LogP contribution < -0.4 is 10.6 Å². The van der Waals surface area contributed by atoms with Crippen molar-refractivity contribution in [3.8, 4) is 0 Å². The van der Waals surface area contributed by atoms with Gasteiger partial charge in [0.2, 0.25) is 0 Å². The summed E-state index contributed by atoms with van der Waals surface area (Å²) in [5.41, 5.74) is 3.51. The highest BCUT2D eigenvalue weighted by molar-refractivity contribution is 5.31. The van der Waals surface area contributed by atoms with Crippen LogP contribution in [0.5, 0.6) is 0 Å². The maximum absolute atomic E-state index is 3.86. The van der Waals surface area contributed by atoms with Crippen LogP contribution in [-0.2, 0) is 6.54 Å². The Morgan fingerprint density at radius 3 is 2.89 bits per heavy atom. The molecule has 19 heavy (non-hydrogen) atoms. The highest BCUT2D eigenvalue weighted by atomic mass is 15.0. The summed E-state index contributed by atoms with van der Waals surface area (Å²) >= 11 is 0. The van der Waals surface area contributed by atoms with Gasteiger partial charge in [-0.15, -0.1) is 0 Å². The lowest BCUT2D eigenvalue weighted by Gasteiger charge is -2.28. The van der Waals surface area contributed by atoms with Gasteiger partial charge in [-0.1, -0.05) is 44.0 Å². The van der Waals surface area contributed by atoms with Crippen molar-refractivity contribution < 1.29 is 0 Å². The minimum atomic E-state index is 0.531. The second-order valence-corrected chi connectivity index (χ2v) is 6.62. The zero-order valence-electron chi connectivity index (χ0n) is 12.0. The number of nitrogens with one attached hydrogen (secondary N) is 2. The Bertz CT molecular complexity index is 421. The molecule has 1 heterocycles. The predicted octanol–water partition coefficient (Wildman–Crippen LogP) is 3.39. The first-order chi connectivity index (χ1) is 9.27. The molecule has 0 saturated heterocycles. The fourth-order valence-electron chi connectivity index (χ4n) is 3.65. The number of fused-ring (bicyclic) bond motifs is 1. The minimum absolute atomic E-state index is 0.531. The zero-order chi connectivity index (χ0) is 13.1. The maximum atomic E-state index is 3.86. The van der Waals surface area contributed by atoms with E-state index in [0.717, 1.165) is 13.1 Å². The Hall–Kier alpha value is -0.860. The van der Waals surface area contributed by atoms with E-state index in [0.29, 0.717) is 11.5 Å². The van der Waals surface area contributed by atoms with Gasteiger partial charge in [0.05, 0.1) is 0 Å². The van der Waals surface area contributed by atoms with E-state index in [-0.39, 0.29) is 0 Å². The first-order valence-electron chi connectivity index (χ1n) is 7.79. The smallest absolute Gasteiger partial charge is 0.0335 e. The van der Waals surface area contributed by atoms with Gasteiger partial charge in [-0.2, -0.15) is 0 Å². The van der Waals surface area contributed by atoms with Crippen molar-refractivity contribution in [2.75, 3.05) is 13.1 Å². The molecule has 1 unspecified atom stereocenters. The fraction of sp³-hybridized carbons (Fsp3) is 0.647. The highest BCUT2D eigenvalue weighted by Gasteiger charge is 2.29. The average molecular weight is 258 g/mol. The molecular formula is C17H26N2. The summed E-state index contributed by atoms with van der Waals surface area (Å²) in [6.45, 7) is 5.76. The van der Waals surface area contributed by atoms with Crippen LogP contribution in [0.2, 0.25) is 0 Å². The molecule has 3 rings (SSSR count). The van der Waals surface area contributed by atoms with Gasteiger partial charge in [0.1, 0.15) is 0 Å². The van der Waals surface area contributed by atoms with Gasteiger partial charge in [0.25, 0.3) is 0 Å².